The van der Waals surface area contributed by atoms with Crippen LogP contribution < -0.4 is 0 Å². The summed E-state index contributed by atoms with van der Waals surface area (Å²) in [6, 6.07) is 5.99. The Bertz CT molecular complexity index is 897. The number of hydrogen-bond acceptors (Lipinski definition) is 5. The smallest absolute Gasteiger partial charge is 0.264 e. The van der Waals surface area contributed by atoms with E-state index in [-0.39, 0.29) is 18.1 Å². The maximum atomic E-state index is 11.0. The van der Waals surface area contributed by atoms with Gasteiger partial charge >= 0.3 is 0 Å². The summed E-state index contributed by atoms with van der Waals surface area (Å²) in [7, 11) is -3.33. The molecule has 1 aromatic rings. The van der Waals surface area contributed by atoms with Gasteiger partial charge in [0.2, 0.25) is 0 Å². The van der Waals surface area contributed by atoms with Crippen molar-refractivity contribution in [3.63, 3.8) is 0 Å². The van der Waals surface area contributed by atoms with Gasteiger partial charge in [0.25, 0.3) is 10.1 Å². The molecule has 3 aliphatic carbocycles. The number of hydrogen-bond donors (Lipinski definition) is 2. The van der Waals surface area contributed by atoms with E-state index in [1.54, 1.807) is 0 Å². The van der Waals surface area contributed by atoms with E-state index in [4.69, 9.17) is 4.18 Å². The number of aliphatic hydroxyl groups excluding tert-OH is 1. The summed E-state index contributed by atoms with van der Waals surface area (Å²) < 4.78 is 26.9. The summed E-state index contributed by atoms with van der Waals surface area (Å²) in [4.78, 5) is 0. The Hall–Kier alpha value is -1.11. The van der Waals surface area contributed by atoms with Crippen LogP contribution in [-0.4, -0.2) is 37.6 Å². The lowest BCUT2D eigenvalue weighted by Gasteiger charge is -2.53. The van der Waals surface area contributed by atoms with Crippen molar-refractivity contribution in [2.45, 2.75) is 89.6 Å². The molecule has 5 nitrogen and oxygen atoms in total. The lowest BCUT2D eigenvalue weighted by atomic mass is 9.52. The second-order valence-electron chi connectivity index (χ2n) is 10.9. The first-order valence-corrected chi connectivity index (χ1v) is 14.3. The van der Waals surface area contributed by atoms with Crippen molar-refractivity contribution in [1.82, 2.24) is 0 Å². The Morgan fingerprint density at radius 2 is 1.84 bits per heavy atom. The van der Waals surface area contributed by atoms with Crippen LogP contribution in [0.2, 0.25) is 0 Å². The van der Waals surface area contributed by atoms with Crippen molar-refractivity contribution in [2.24, 2.45) is 23.2 Å². The van der Waals surface area contributed by atoms with Crippen LogP contribution in [0.3, 0.4) is 0 Å². The molecule has 4 rings (SSSR count). The summed E-state index contributed by atoms with van der Waals surface area (Å²) in [5.41, 5.74) is 2.84. The van der Waals surface area contributed by atoms with Gasteiger partial charge in [-0.1, -0.05) is 38.7 Å². The first kappa shape index (κ1) is 24.0. The Morgan fingerprint density at radius 3 is 2.62 bits per heavy atom. The van der Waals surface area contributed by atoms with Crippen molar-refractivity contribution in [1.29, 1.82) is 0 Å². The molecule has 3 aliphatic rings. The van der Waals surface area contributed by atoms with Crippen LogP contribution in [0.15, 0.2) is 18.2 Å². The first-order valence-electron chi connectivity index (χ1n) is 12.5. The van der Waals surface area contributed by atoms with Gasteiger partial charge in [0.1, 0.15) is 5.75 Å². The summed E-state index contributed by atoms with van der Waals surface area (Å²) in [6.07, 6.45) is 12.7. The average molecular weight is 465 g/mol. The van der Waals surface area contributed by atoms with Gasteiger partial charge in [-0.15, -0.1) is 0 Å². The Kier molecular flexibility index (Phi) is 7.23. The maximum Gasteiger partial charge on any atom is 0.264 e. The third-order valence-electron chi connectivity index (χ3n) is 8.85. The predicted molar refractivity (Wildman–Crippen MR) is 126 cm³/mol. The molecule has 0 bridgehead atoms. The zero-order chi connectivity index (χ0) is 22.9. The molecular weight excluding hydrogens is 424 g/mol. The molecule has 0 saturated heterocycles. The van der Waals surface area contributed by atoms with Crippen LogP contribution in [0.4, 0.5) is 0 Å². The standard InChI is InChI=1S/C26H40O5S/c1-26-14-13-22-21-10-9-20(27)17-19(21)16-18(25(22)23(26)11-12-24(26)28)8-6-4-3-5-7-15-31-32(2,29)30/h9-10,17-18,22-25,27-28H,3-8,11-16H2,1-2H3/t18-,22-,23+,24+,25-,26+/m1/s1. The first-order chi connectivity index (χ1) is 15.2. The molecule has 6 atom stereocenters. The molecule has 0 amide bonds. The fourth-order valence-electron chi connectivity index (χ4n) is 7.28. The van der Waals surface area contributed by atoms with Crippen molar-refractivity contribution in [2.75, 3.05) is 12.9 Å². The number of aliphatic hydroxyl groups is 1. The van der Waals surface area contributed by atoms with Gasteiger partial charge in [0.15, 0.2) is 0 Å². The average Bonchev–Trinajstić information content (AvgIpc) is 3.03. The molecule has 2 N–H and O–H groups in total. The SMILES string of the molecule is C[C@]12CC[C@@H]3c4ccc(O)cc4C[C@@H](CCCCCCCOS(C)(=O)=O)[C@H]3[C@@H]1CC[C@@H]2O. The zero-order valence-electron chi connectivity index (χ0n) is 19.6. The molecule has 2 saturated carbocycles. The predicted octanol–water partition coefficient (Wildman–Crippen LogP) is 5.15. The van der Waals surface area contributed by atoms with E-state index >= 15 is 0 Å². The lowest BCUT2D eigenvalue weighted by Crippen LogP contribution is -2.47. The zero-order valence-corrected chi connectivity index (χ0v) is 20.4. The number of phenols is 1. The molecule has 0 aromatic heterocycles. The summed E-state index contributed by atoms with van der Waals surface area (Å²) >= 11 is 0. The highest BCUT2D eigenvalue weighted by Gasteiger charge is 2.56. The number of unbranched alkanes of at least 4 members (excludes halogenated alkanes) is 4. The molecule has 6 heteroatoms. The van der Waals surface area contributed by atoms with Gasteiger partial charge < -0.3 is 10.2 Å². The molecular formula is C26H40O5S. The van der Waals surface area contributed by atoms with E-state index < -0.39 is 10.1 Å². The molecule has 1 aromatic carbocycles. The van der Waals surface area contributed by atoms with Crippen molar-refractivity contribution < 1.29 is 22.8 Å². The second kappa shape index (κ2) is 9.63. The van der Waals surface area contributed by atoms with Crippen molar-refractivity contribution in [3.05, 3.63) is 29.3 Å². The molecule has 180 valence electrons. The maximum absolute atomic E-state index is 11.0. The van der Waals surface area contributed by atoms with Crippen LogP contribution in [0.5, 0.6) is 5.75 Å². The summed E-state index contributed by atoms with van der Waals surface area (Å²) in [5.74, 6) is 2.76. The molecule has 2 fully saturated rings. The minimum Gasteiger partial charge on any atom is -0.508 e. The van der Waals surface area contributed by atoms with E-state index in [1.807, 2.05) is 12.1 Å². The summed E-state index contributed by atoms with van der Waals surface area (Å²) in [6.45, 7) is 2.61. The minimum atomic E-state index is -3.33. The number of rotatable bonds is 9. The Labute approximate surface area is 193 Å². The molecule has 32 heavy (non-hydrogen) atoms. The lowest BCUT2D eigenvalue weighted by molar-refractivity contribution is -0.0396. The van der Waals surface area contributed by atoms with Gasteiger partial charge in [-0.05, 0) is 97.3 Å². The highest BCUT2D eigenvalue weighted by atomic mass is 32.2. The van der Waals surface area contributed by atoms with E-state index in [0.29, 0.717) is 29.4 Å². The van der Waals surface area contributed by atoms with Crippen LogP contribution in [-0.2, 0) is 20.7 Å². The van der Waals surface area contributed by atoms with Crippen molar-refractivity contribution in [3.8, 4) is 5.75 Å². The number of phenolic OH excluding ortho intramolecular Hbond substituents is 1. The highest BCUT2D eigenvalue weighted by Crippen LogP contribution is 2.62. The van der Waals surface area contributed by atoms with Crippen LogP contribution in [0.25, 0.3) is 0 Å². The minimum absolute atomic E-state index is 0.0629. The Balaban J connectivity index is 1.38. The van der Waals surface area contributed by atoms with E-state index in [1.165, 1.54) is 24.0 Å². The topological polar surface area (TPSA) is 83.8 Å². The largest absolute Gasteiger partial charge is 0.508 e. The molecule has 0 radical (unpaired) electrons. The van der Waals surface area contributed by atoms with Crippen LogP contribution >= 0.6 is 0 Å². The monoisotopic (exact) mass is 464 g/mol. The van der Waals surface area contributed by atoms with Gasteiger partial charge in [-0.25, -0.2) is 0 Å². The molecule has 0 unspecified atom stereocenters. The second-order valence-corrected chi connectivity index (χ2v) is 12.5. The van der Waals surface area contributed by atoms with Gasteiger partial charge in [-0.3, -0.25) is 4.18 Å². The van der Waals surface area contributed by atoms with E-state index in [2.05, 4.69) is 13.0 Å². The van der Waals surface area contributed by atoms with Gasteiger partial charge in [0, 0.05) is 0 Å². The van der Waals surface area contributed by atoms with Gasteiger partial charge in [-0.2, -0.15) is 8.42 Å². The third kappa shape index (κ3) is 5.02. The molecule has 0 spiro atoms. The number of aromatic hydroxyl groups is 1. The van der Waals surface area contributed by atoms with Crippen LogP contribution in [0.1, 0.15) is 88.2 Å². The Morgan fingerprint density at radius 1 is 1.09 bits per heavy atom. The summed E-state index contributed by atoms with van der Waals surface area (Å²) in [5, 5.41) is 20.9. The number of benzene rings is 1. The fraction of sp³-hybridized carbons (Fsp3) is 0.769. The highest BCUT2D eigenvalue weighted by molar-refractivity contribution is 7.85. The van der Waals surface area contributed by atoms with E-state index in [9.17, 15) is 18.6 Å². The quantitative estimate of drug-likeness (QED) is 0.390. The van der Waals surface area contributed by atoms with Crippen LogP contribution in [0, 0.1) is 23.2 Å². The van der Waals surface area contributed by atoms with E-state index in [0.717, 1.165) is 64.0 Å². The van der Waals surface area contributed by atoms with Crippen molar-refractivity contribution >= 4 is 10.1 Å². The normalized spacial score (nSPS) is 34.0. The molecule has 0 heterocycles. The third-order valence-corrected chi connectivity index (χ3v) is 9.45. The number of fused-ring (bicyclic) bond motifs is 5. The fourth-order valence-corrected chi connectivity index (χ4v) is 7.70. The molecule has 0 aliphatic heterocycles. The van der Waals surface area contributed by atoms with Gasteiger partial charge in [0.05, 0.1) is 19.0 Å².